The monoisotopic (exact) mass is 417 g/mol. The van der Waals surface area contributed by atoms with Crippen molar-refractivity contribution in [3.63, 3.8) is 0 Å². The molecule has 0 spiro atoms. The quantitative estimate of drug-likeness (QED) is 0.724. The molecule has 0 amide bonds. The molecule has 138 valence electrons. The molecule has 0 atom stereocenters. The molecule has 1 aliphatic rings. The second-order valence-electron chi connectivity index (χ2n) is 6.60. The summed E-state index contributed by atoms with van der Waals surface area (Å²) in [5.74, 6) is 1.06. The van der Waals surface area contributed by atoms with Gasteiger partial charge in [0.15, 0.2) is 0 Å². The smallest absolute Gasteiger partial charge is 0.144 e. The average molecular weight is 418 g/mol. The average Bonchev–Trinajstić information content (AvgIpc) is 2.62. The lowest BCUT2D eigenvalue weighted by Crippen LogP contribution is -2.46. The third-order valence-corrected chi connectivity index (χ3v) is 5.00. The fourth-order valence-electron chi connectivity index (χ4n) is 3.12. The molecular formula is C18H24BrN7. The third kappa shape index (κ3) is 4.13. The molecule has 0 saturated carbocycles. The summed E-state index contributed by atoms with van der Waals surface area (Å²) in [6.07, 6.45) is 1.46. The van der Waals surface area contributed by atoms with Gasteiger partial charge in [-0.25, -0.2) is 9.97 Å². The van der Waals surface area contributed by atoms with Crippen molar-refractivity contribution in [2.24, 2.45) is 0 Å². The second kappa shape index (κ2) is 8.01. The number of benzene rings is 1. The second-order valence-corrected chi connectivity index (χ2v) is 7.39. The molecule has 0 unspecified atom stereocenters. The van der Waals surface area contributed by atoms with Crippen molar-refractivity contribution in [2.45, 2.75) is 6.54 Å². The first-order valence-electron chi connectivity index (χ1n) is 8.54. The molecule has 1 aliphatic heterocycles. The van der Waals surface area contributed by atoms with Gasteiger partial charge in [0.1, 0.15) is 22.6 Å². The summed E-state index contributed by atoms with van der Waals surface area (Å²) in [6, 6.07) is 8.69. The summed E-state index contributed by atoms with van der Waals surface area (Å²) in [6.45, 7) is 4.51. The highest BCUT2D eigenvalue weighted by molar-refractivity contribution is 9.18. The lowest BCUT2D eigenvalue weighted by molar-refractivity contribution is 0.249. The lowest BCUT2D eigenvalue weighted by Gasteiger charge is -2.36. The number of nitrogens with zero attached hydrogens (tertiary/aromatic N) is 5. The van der Waals surface area contributed by atoms with Gasteiger partial charge < -0.3 is 15.5 Å². The summed E-state index contributed by atoms with van der Waals surface area (Å²) in [4.78, 5) is 15.1. The number of nitrogen functional groups attached to an aromatic ring is 1. The molecule has 1 fully saturated rings. The topological polar surface area (TPSA) is 85.4 Å². The maximum Gasteiger partial charge on any atom is 0.144 e. The molecule has 1 aromatic heterocycles. The highest BCUT2D eigenvalue weighted by Crippen LogP contribution is 2.25. The zero-order valence-corrected chi connectivity index (χ0v) is 16.7. The van der Waals surface area contributed by atoms with Crippen molar-refractivity contribution >= 4 is 37.9 Å². The van der Waals surface area contributed by atoms with Crippen molar-refractivity contribution in [1.82, 2.24) is 14.9 Å². The minimum absolute atomic E-state index is 0.217. The molecule has 7 nitrogen and oxygen atoms in total. The Bertz CT molecular complexity index is 768. The largest absolute Gasteiger partial charge is 0.383 e. The maximum absolute atomic E-state index is 7.89. The van der Waals surface area contributed by atoms with E-state index in [1.54, 1.807) is 0 Å². The molecular weight excluding hydrogens is 394 g/mol. The fraction of sp³-hybridized carbons (Fsp3) is 0.389. The van der Waals surface area contributed by atoms with Crippen LogP contribution in [0.25, 0.3) is 0 Å². The Kier molecular flexibility index (Phi) is 5.73. The molecule has 3 rings (SSSR count). The summed E-state index contributed by atoms with van der Waals surface area (Å²) < 4.78 is 0.217. The summed E-state index contributed by atoms with van der Waals surface area (Å²) in [5, 5.41) is 7.89. The van der Waals surface area contributed by atoms with Crippen molar-refractivity contribution in [2.75, 3.05) is 55.8 Å². The standard InChI is InChI=1S/C18H24BrN7/c1-24(2)14-5-3-13(4-6-14)11-25-7-9-26(10-8-25)18-15(16(19)20)17(21)22-12-23-18/h3-6,12,20H,7-11H2,1-2H3,(H2,21,22,23). The van der Waals surface area contributed by atoms with Crippen molar-refractivity contribution < 1.29 is 0 Å². The molecule has 1 aromatic carbocycles. The Balaban J connectivity index is 1.63. The highest BCUT2D eigenvalue weighted by Gasteiger charge is 2.23. The fourth-order valence-corrected chi connectivity index (χ4v) is 3.50. The first-order chi connectivity index (χ1) is 12.5. The Morgan fingerprint density at radius 1 is 1.15 bits per heavy atom. The van der Waals surface area contributed by atoms with E-state index in [-0.39, 0.29) is 4.62 Å². The van der Waals surface area contributed by atoms with Crippen LogP contribution in [0.3, 0.4) is 0 Å². The number of hydrogen-bond acceptors (Lipinski definition) is 7. The number of halogens is 1. The van der Waals surface area contributed by atoms with E-state index in [9.17, 15) is 0 Å². The minimum atomic E-state index is 0.217. The minimum Gasteiger partial charge on any atom is -0.383 e. The molecule has 2 aromatic rings. The van der Waals surface area contributed by atoms with E-state index in [2.05, 4.69) is 79.0 Å². The number of piperazine rings is 1. The van der Waals surface area contributed by atoms with Crippen LogP contribution in [-0.2, 0) is 6.54 Å². The van der Waals surface area contributed by atoms with Crippen LogP contribution >= 0.6 is 15.9 Å². The van der Waals surface area contributed by atoms with Crippen molar-refractivity contribution in [3.8, 4) is 0 Å². The normalized spacial score (nSPS) is 15.1. The van der Waals surface area contributed by atoms with Crippen molar-refractivity contribution in [1.29, 1.82) is 5.41 Å². The Morgan fingerprint density at radius 2 is 1.81 bits per heavy atom. The zero-order valence-electron chi connectivity index (χ0n) is 15.1. The van der Waals surface area contributed by atoms with Crippen LogP contribution in [-0.4, -0.2) is 59.8 Å². The number of nitrogens with two attached hydrogens (primary N) is 1. The van der Waals surface area contributed by atoms with E-state index >= 15 is 0 Å². The van der Waals surface area contributed by atoms with E-state index in [1.165, 1.54) is 17.6 Å². The number of aromatic nitrogens is 2. The van der Waals surface area contributed by atoms with Gasteiger partial charge in [0.25, 0.3) is 0 Å². The van der Waals surface area contributed by atoms with E-state index in [4.69, 9.17) is 11.1 Å². The van der Waals surface area contributed by atoms with Gasteiger partial charge in [-0.15, -0.1) is 0 Å². The molecule has 0 bridgehead atoms. The van der Waals surface area contributed by atoms with Crippen LogP contribution in [0.2, 0.25) is 0 Å². The van der Waals surface area contributed by atoms with Crippen LogP contribution in [0, 0.1) is 5.41 Å². The van der Waals surface area contributed by atoms with E-state index in [1.807, 2.05) is 0 Å². The van der Waals surface area contributed by atoms with Gasteiger partial charge in [-0.1, -0.05) is 12.1 Å². The molecule has 0 radical (unpaired) electrons. The highest BCUT2D eigenvalue weighted by atomic mass is 79.9. The molecule has 26 heavy (non-hydrogen) atoms. The third-order valence-electron chi connectivity index (χ3n) is 4.61. The number of nitrogens with one attached hydrogen (secondary N) is 1. The van der Waals surface area contributed by atoms with Gasteiger partial charge >= 0.3 is 0 Å². The number of rotatable bonds is 5. The van der Waals surface area contributed by atoms with Gasteiger partial charge in [-0.2, -0.15) is 0 Å². The number of anilines is 3. The first-order valence-corrected chi connectivity index (χ1v) is 9.33. The van der Waals surface area contributed by atoms with Crippen LogP contribution < -0.4 is 15.5 Å². The molecule has 8 heteroatoms. The van der Waals surface area contributed by atoms with Crippen LogP contribution in [0.1, 0.15) is 11.1 Å². The van der Waals surface area contributed by atoms with Gasteiger partial charge in [0, 0.05) is 52.5 Å². The lowest BCUT2D eigenvalue weighted by atomic mass is 10.1. The van der Waals surface area contributed by atoms with Gasteiger partial charge in [-0.05, 0) is 33.6 Å². The SMILES string of the molecule is CN(C)c1ccc(CN2CCN(c3ncnc(N)c3C(=N)Br)CC2)cc1. The maximum atomic E-state index is 7.89. The number of hydrogen-bond donors (Lipinski definition) is 2. The van der Waals surface area contributed by atoms with Gasteiger partial charge in [0.2, 0.25) is 0 Å². The van der Waals surface area contributed by atoms with Gasteiger partial charge in [0.05, 0.1) is 5.56 Å². The molecule has 3 N–H and O–H groups in total. The van der Waals surface area contributed by atoms with Crippen LogP contribution in [0.15, 0.2) is 30.6 Å². The molecule has 2 heterocycles. The van der Waals surface area contributed by atoms with Gasteiger partial charge in [-0.3, -0.25) is 10.3 Å². The van der Waals surface area contributed by atoms with Crippen molar-refractivity contribution in [3.05, 3.63) is 41.7 Å². The zero-order chi connectivity index (χ0) is 18.7. The summed E-state index contributed by atoms with van der Waals surface area (Å²) in [5.41, 5.74) is 9.03. The predicted octanol–water partition coefficient (Wildman–Crippen LogP) is 2.17. The Morgan fingerprint density at radius 3 is 2.38 bits per heavy atom. The Hall–Kier alpha value is -2.19. The van der Waals surface area contributed by atoms with Crippen LogP contribution in [0.4, 0.5) is 17.3 Å². The molecule has 0 aliphatic carbocycles. The van der Waals surface area contributed by atoms with E-state index in [0.717, 1.165) is 38.5 Å². The molecule has 1 saturated heterocycles. The van der Waals surface area contributed by atoms with E-state index in [0.29, 0.717) is 11.4 Å². The Labute approximate surface area is 162 Å². The summed E-state index contributed by atoms with van der Waals surface area (Å²) >= 11 is 3.21. The van der Waals surface area contributed by atoms with E-state index < -0.39 is 0 Å². The van der Waals surface area contributed by atoms with Crippen LogP contribution in [0.5, 0.6) is 0 Å². The summed E-state index contributed by atoms with van der Waals surface area (Å²) in [7, 11) is 4.10. The first kappa shape index (κ1) is 18.6. The predicted molar refractivity (Wildman–Crippen MR) is 110 cm³/mol.